The monoisotopic (exact) mass is 422 g/mol. The summed E-state index contributed by atoms with van der Waals surface area (Å²) in [5, 5.41) is 1.52. The average molecular weight is 423 g/mol. The molecule has 0 unspecified atom stereocenters. The lowest BCUT2D eigenvalue weighted by molar-refractivity contribution is -0.0690. The molecule has 5 heteroatoms. The fourth-order valence-corrected chi connectivity index (χ4v) is 4.26. The summed E-state index contributed by atoms with van der Waals surface area (Å²) in [7, 11) is 0. The molecule has 0 atom stereocenters. The average Bonchev–Trinajstić information content (AvgIpc) is 2.61. The minimum atomic E-state index is -4.45. The Bertz CT molecular complexity index is 896. The van der Waals surface area contributed by atoms with E-state index >= 15 is 0 Å². The maximum Gasteiger partial charge on any atom is 0.417 e. The van der Waals surface area contributed by atoms with Gasteiger partial charge in [-0.05, 0) is 28.5 Å². The van der Waals surface area contributed by atoms with E-state index in [1.165, 1.54) is 0 Å². The predicted octanol–water partition coefficient (Wildman–Crippen LogP) is 7.30. The van der Waals surface area contributed by atoms with Crippen LogP contribution < -0.4 is 0 Å². The Labute approximate surface area is 156 Å². The van der Waals surface area contributed by atoms with Crippen molar-refractivity contribution in [3.05, 3.63) is 83.3 Å². The zero-order chi connectivity index (χ0) is 17.9. The van der Waals surface area contributed by atoms with Gasteiger partial charge in [-0.25, -0.2) is 0 Å². The molecule has 0 nitrogen and oxygen atoms in total. The van der Waals surface area contributed by atoms with Crippen LogP contribution in [0.5, 0.6) is 0 Å². The van der Waals surface area contributed by atoms with Crippen LogP contribution in [0.4, 0.5) is 13.2 Å². The van der Waals surface area contributed by atoms with Crippen molar-refractivity contribution in [3.8, 4) is 0 Å². The number of hydrogen-bond acceptors (Lipinski definition) is 1. The lowest BCUT2D eigenvalue weighted by Gasteiger charge is -2.18. The molecule has 0 spiro atoms. The number of rotatable bonds is 4. The molecule has 0 fully saturated rings. The zero-order valence-corrected chi connectivity index (χ0v) is 15.5. The third-order valence-electron chi connectivity index (χ3n) is 3.73. The number of thioether (sulfide) groups is 1. The first-order valence-corrected chi connectivity index (χ1v) is 9.52. The largest absolute Gasteiger partial charge is 0.417 e. The van der Waals surface area contributed by atoms with Gasteiger partial charge >= 0.3 is 6.18 Å². The van der Waals surface area contributed by atoms with Gasteiger partial charge in [0.05, 0.1) is 5.57 Å². The van der Waals surface area contributed by atoms with Gasteiger partial charge in [-0.2, -0.15) is 13.2 Å². The number of alkyl halides is 4. The normalized spacial score (nSPS) is 13.0. The van der Waals surface area contributed by atoms with Gasteiger partial charge in [-0.1, -0.05) is 88.4 Å². The maximum atomic E-state index is 14.0. The van der Waals surface area contributed by atoms with Gasteiger partial charge in [0.2, 0.25) is 0 Å². The number of halogens is 4. The van der Waals surface area contributed by atoms with E-state index in [0.29, 0.717) is 5.39 Å². The molecule has 0 aromatic heterocycles. The number of benzene rings is 3. The molecular formula is C20H14BrF3S. The SMILES string of the molecule is FC(F)(F)/C(=C(/CBr)Sc1ccccc1)c1cccc2ccccc12. The highest BCUT2D eigenvalue weighted by Gasteiger charge is 2.38. The van der Waals surface area contributed by atoms with Crippen LogP contribution in [0.1, 0.15) is 5.56 Å². The molecule has 0 aliphatic rings. The van der Waals surface area contributed by atoms with Crippen LogP contribution in [0.3, 0.4) is 0 Å². The minimum absolute atomic E-state index is 0.130. The molecule has 0 aliphatic heterocycles. The van der Waals surface area contributed by atoms with Crippen LogP contribution in [0, 0.1) is 0 Å². The summed E-state index contributed by atoms with van der Waals surface area (Å²) in [6.45, 7) is 0. The Balaban J connectivity index is 2.22. The summed E-state index contributed by atoms with van der Waals surface area (Å²) in [5.41, 5.74) is -0.376. The molecule has 0 amide bonds. The summed E-state index contributed by atoms with van der Waals surface area (Å²) < 4.78 is 41.9. The minimum Gasteiger partial charge on any atom is -0.166 e. The van der Waals surface area contributed by atoms with Crippen LogP contribution >= 0.6 is 27.7 Å². The molecule has 0 radical (unpaired) electrons. The van der Waals surface area contributed by atoms with Crippen LogP contribution in [0.25, 0.3) is 16.3 Å². The van der Waals surface area contributed by atoms with E-state index in [1.807, 2.05) is 48.5 Å². The molecule has 0 saturated heterocycles. The summed E-state index contributed by atoms with van der Waals surface area (Å²) in [5.74, 6) is 0. The quantitative estimate of drug-likeness (QED) is 0.313. The number of fused-ring (bicyclic) bond motifs is 1. The van der Waals surface area contributed by atoms with Crippen LogP contribution in [-0.2, 0) is 0 Å². The summed E-state index contributed by atoms with van der Waals surface area (Å²) in [6, 6.07) is 21.3. The van der Waals surface area contributed by atoms with Gasteiger partial charge in [-0.3, -0.25) is 0 Å². The van der Waals surface area contributed by atoms with E-state index in [9.17, 15) is 13.2 Å². The van der Waals surface area contributed by atoms with Crippen molar-refractivity contribution < 1.29 is 13.2 Å². The van der Waals surface area contributed by atoms with E-state index in [1.54, 1.807) is 24.3 Å². The van der Waals surface area contributed by atoms with E-state index in [-0.39, 0.29) is 15.8 Å². The molecule has 3 aromatic rings. The zero-order valence-electron chi connectivity index (χ0n) is 13.1. The summed E-state index contributed by atoms with van der Waals surface area (Å²) in [4.78, 5) is 1.02. The third-order valence-corrected chi connectivity index (χ3v) is 5.76. The highest BCUT2D eigenvalue weighted by atomic mass is 79.9. The fraction of sp³-hybridized carbons (Fsp3) is 0.100. The summed E-state index contributed by atoms with van der Waals surface area (Å²) in [6.07, 6.45) is -4.45. The maximum absolute atomic E-state index is 14.0. The van der Waals surface area contributed by atoms with Crippen molar-refractivity contribution in [2.75, 3.05) is 5.33 Å². The predicted molar refractivity (Wildman–Crippen MR) is 103 cm³/mol. The second-order valence-corrected chi connectivity index (χ2v) is 7.10. The number of hydrogen-bond donors (Lipinski definition) is 0. The van der Waals surface area contributed by atoms with Gasteiger partial charge in [0.15, 0.2) is 0 Å². The fourth-order valence-electron chi connectivity index (χ4n) is 2.68. The van der Waals surface area contributed by atoms with Crippen molar-refractivity contribution in [2.24, 2.45) is 0 Å². The molecular weight excluding hydrogens is 409 g/mol. The first kappa shape index (κ1) is 18.1. The van der Waals surface area contributed by atoms with Crippen LogP contribution in [0.2, 0.25) is 0 Å². The van der Waals surface area contributed by atoms with Crippen LogP contribution in [0.15, 0.2) is 82.6 Å². The highest BCUT2D eigenvalue weighted by molar-refractivity contribution is 9.09. The van der Waals surface area contributed by atoms with E-state index in [2.05, 4.69) is 15.9 Å². The molecule has 25 heavy (non-hydrogen) atoms. The molecule has 3 rings (SSSR count). The smallest absolute Gasteiger partial charge is 0.166 e. The van der Waals surface area contributed by atoms with Gasteiger partial charge in [0, 0.05) is 15.1 Å². The first-order valence-electron chi connectivity index (χ1n) is 7.58. The van der Waals surface area contributed by atoms with Gasteiger partial charge < -0.3 is 0 Å². The number of allylic oxidation sites excluding steroid dienone is 2. The topological polar surface area (TPSA) is 0 Å². The standard InChI is InChI=1S/C20H14BrF3S/c21-13-18(25-15-9-2-1-3-10-15)19(20(22,23)24)17-12-6-8-14-7-4-5-11-16(14)17/h1-12H,13H2/b19-18-. The molecule has 128 valence electrons. The molecule has 0 N–H and O–H groups in total. The van der Waals surface area contributed by atoms with Crippen molar-refractivity contribution in [1.29, 1.82) is 0 Å². The van der Waals surface area contributed by atoms with E-state index in [0.717, 1.165) is 22.0 Å². The second kappa shape index (κ2) is 7.67. The van der Waals surface area contributed by atoms with E-state index in [4.69, 9.17) is 0 Å². The van der Waals surface area contributed by atoms with Gasteiger partial charge in [0.1, 0.15) is 0 Å². The summed E-state index contributed by atoms with van der Waals surface area (Å²) >= 11 is 4.39. The van der Waals surface area contributed by atoms with Crippen LogP contribution in [-0.4, -0.2) is 11.5 Å². The highest BCUT2D eigenvalue weighted by Crippen LogP contribution is 2.44. The van der Waals surface area contributed by atoms with Crippen molar-refractivity contribution in [3.63, 3.8) is 0 Å². The van der Waals surface area contributed by atoms with E-state index < -0.39 is 11.7 Å². The molecule has 0 heterocycles. The Morgan fingerprint density at radius 3 is 2.16 bits per heavy atom. The molecule has 0 aliphatic carbocycles. The van der Waals surface area contributed by atoms with Crippen molar-refractivity contribution in [2.45, 2.75) is 11.1 Å². The molecule has 3 aromatic carbocycles. The Morgan fingerprint density at radius 1 is 0.840 bits per heavy atom. The van der Waals surface area contributed by atoms with Crippen molar-refractivity contribution in [1.82, 2.24) is 0 Å². The van der Waals surface area contributed by atoms with Crippen molar-refractivity contribution >= 4 is 44.0 Å². The molecule has 0 saturated carbocycles. The molecule has 0 bridgehead atoms. The van der Waals surface area contributed by atoms with Gasteiger partial charge in [0.25, 0.3) is 0 Å². The van der Waals surface area contributed by atoms with Gasteiger partial charge in [-0.15, -0.1) is 0 Å². The first-order chi connectivity index (χ1) is 12.0. The third kappa shape index (κ3) is 4.10. The lowest BCUT2D eigenvalue weighted by Crippen LogP contribution is -2.13. The second-order valence-electron chi connectivity index (χ2n) is 5.37. The Morgan fingerprint density at radius 2 is 1.48 bits per heavy atom. The Hall–Kier alpha value is -1.72. The Kier molecular flexibility index (Phi) is 5.54. The lowest BCUT2D eigenvalue weighted by atomic mass is 9.97.